The van der Waals surface area contributed by atoms with Gasteiger partial charge >= 0.3 is 5.97 Å². The van der Waals surface area contributed by atoms with Crippen LogP contribution in [0.4, 0.5) is 0 Å². The van der Waals surface area contributed by atoms with Gasteiger partial charge in [-0.2, -0.15) is 0 Å². The summed E-state index contributed by atoms with van der Waals surface area (Å²) in [6.45, 7) is 6.36. The Morgan fingerprint density at radius 2 is 1.81 bits per heavy atom. The maximum Gasteiger partial charge on any atom is 0.341 e. The minimum absolute atomic E-state index is 0.0628. The van der Waals surface area contributed by atoms with Crippen molar-refractivity contribution in [2.45, 2.75) is 70.2 Å². The molecule has 2 saturated heterocycles. The second-order valence-electron chi connectivity index (χ2n) is 10.1. The van der Waals surface area contributed by atoms with Crippen LogP contribution in [-0.2, 0) is 25.6 Å². The van der Waals surface area contributed by atoms with E-state index in [1.54, 1.807) is 0 Å². The Kier molecular flexibility index (Phi) is 5.43. The van der Waals surface area contributed by atoms with E-state index in [2.05, 4.69) is 6.92 Å². The number of rotatable bonds is 3. The highest BCUT2D eigenvalue weighted by Gasteiger charge is 2.67. The monoisotopic (exact) mass is 440 g/mol. The first-order valence-electron chi connectivity index (χ1n) is 11.7. The van der Waals surface area contributed by atoms with Crippen molar-refractivity contribution in [1.82, 2.24) is 0 Å². The van der Waals surface area contributed by atoms with Crippen LogP contribution in [0, 0.1) is 23.7 Å². The molecule has 0 amide bonds. The summed E-state index contributed by atoms with van der Waals surface area (Å²) in [5, 5.41) is 21.9. The molecular weight excluding hydrogens is 408 g/mol. The van der Waals surface area contributed by atoms with Gasteiger partial charge in [0.25, 0.3) is 0 Å². The minimum Gasteiger partial charge on any atom is -0.487 e. The molecule has 0 radical (unpaired) electrons. The lowest BCUT2D eigenvalue weighted by atomic mass is 9.64. The number of esters is 1. The van der Waals surface area contributed by atoms with Gasteiger partial charge in [0.15, 0.2) is 11.4 Å². The molecule has 3 fully saturated rings. The SMILES string of the molecule is C[C@@H]1C[C@H](C)C(O)/C=C/[C@@H]2[C@@H](OCc3ccccc3)[C@@H]3OC4=C(C(=O)O[C@@]42C[C@H]3C)C1O. The largest absolute Gasteiger partial charge is 0.487 e. The number of carbonyl (C=O) groups excluding carboxylic acids is 1. The average molecular weight is 441 g/mol. The van der Waals surface area contributed by atoms with Crippen molar-refractivity contribution in [2.75, 3.05) is 0 Å². The summed E-state index contributed by atoms with van der Waals surface area (Å²) in [5.41, 5.74) is 0.294. The molecule has 1 aromatic carbocycles. The molecule has 32 heavy (non-hydrogen) atoms. The molecule has 0 aromatic heterocycles. The summed E-state index contributed by atoms with van der Waals surface area (Å²) in [6, 6.07) is 9.94. The zero-order chi connectivity index (χ0) is 22.6. The summed E-state index contributed by atoms with van der Waals surface area (Å²) in [4.78, 5) is 13.1. The van der Waals surface area contributed by atoms with Gasteiger partial charge in [0.05, 0.1) is 24.7 Å². The Bertz CT molecular complexity index is 939. The number of benzene rings is 1. The van der Waals surface area contributed by atoms with Gasteiger partial charge in [-0.05, 0) is 29.7 Å². The number of carbonyl (C=O) groups is 1. The van der Waals surface area contributed by atoms with E-state index in [0.29, 0.717) is 25.2 Å². The van der Waals surface area contributed by atoms with Crippen LogP contribution in [0.15, 0.2) is 53.8 Å². The lowest BCUT2D eigenvalue weighted by Gasteiger charge is -2.55. The third-order valence-electron chi connectivity index (χ3n) is 7.74. The Balaban J connectivity index is 1.58. The average Bonchev–Trinajstić information content (AvgIpc) is 3.06. The summed E-state index contributed by atoms with van der Waals surface area (Å²) in [7, 11) is 0. The van der Waals surface area contributed by atoms with Crippen LogP contribution in [0.3, 0.4) is 0 Å². The number of hydrogen-bond donors (Lipinski definition) is 2. The molecule has 5 aliphatic rings. The van der Waals surface area contributed by atoms with Gasteiger partial charge < -0.3 is 24.4 Å². The first-order valence-corrected chi connectivity index (χ1v) is 11.7. The quantitative estimate of drug-likeness (QED) is 0.555. The Morgan fingerprint density at radius 3 is 2.56 bits per heavy atom. The van der Waals surface area contributed by atoms with Crippen LogP contribution in [0.5, 0.6) is 0 Å². The van der Waals surface area contributed by atoms with E-state index in [0.717, 1.165) is 5.56 Å². The van der Waals surface area contributed by atoms with Gasteiger partial charge in [0.2, 0.25) is 0 Å². The Morgan fingerprint density at radius 1 is 1.06 bits per heavy atom. The Hall–Kier alpha value is -2.15. The summed E-state index contributed by atoms with van der Waals surface area (Å²) in [6.07, 6.45) is 2.67. The summed E-state index contributed by atoms with van der Waals surface area (Å²) >= 11 is 0. The molecule has 3 heterocycles. The molecule has 6 nitrogen and oxygen atoms in total. The number of fused-ring (bicyclic) bond motifs is 1. The predicted octanol–water partition coefficient (Wildman–Crippen LogP) is 3.13. The standard InChI is InChI=1S/C26H32O6/c1-14-11-15(2)21(28)20-24-26(32-25(20)29)12-16(3)22(31-24)23(18(26)9-10-19(14)27)30-13-17-7-5-4-6-8-17/h4-10,14-16,18-19,21-23,27-28H,11-13H2,1-3H3/b10-9+/t14-,15+,16+,18+,19?,21?,22+,23+,26+/m0/s1. The molecule has 1 spiro atoms. The fraction of sp³-hybridized carbons (Fsp3) is 0.577. The molecule has 172 valence electrons. The molecule has 3 aliphatic heterocycles. The van der Waals surface area contributed by atoms with Crippen molar-refractivity contribution < 1.29 is 29.2 Å². The first-order chi connectivity index (χ1) is 15.3. The molecule has 5 bridgehead atoms. The predicted molar refractivity (Wildman–Crippen MR) is 117 cm³/mol. The van der Waals surface area contributed by atoms with Crippen molar-refractivity contribution in [3.8, 4) is 0 Å². The van der Waals surface area contributed by atoms with Gasteiger partial charge in [0.1, 0.15) is 17.8 Å². The van der Waals surface area contributed by atoms with Gasteiger partial charge in [0, 0.05) is 6.42 Å². The number of hydrogen-bond acceptors (Lipinski definition) is 6. The van der Waals surface area contributed by atoms with Crippen LogP contribution in [0.1, 0.15) is 39.2 Å². The van der Waals surface area contributed by atoms with E-state index in [1.807, 2.05) is 56.3 Å². The maximum atomic E-state index is 13.1. The zero-order valence-electron chi connectivity index (χ0n) is 18.8. The molecule has 6 rings (SSSR count). The molecule has 2 aliphatic carbocycles. The van der Waals surface area contributed by atoms with Crippen LogP contribution in [0.25, 0.3) is 0 Å². The third kappa shape index (κ3) is 3.31. The highest BCUT2D eigenvalue weighted by atomic mass is 16.6. The highest BCUT2D eigenvalue weighted by Crippen LogP contribution is 2.58. The Labute approximate surface area is 188 Å². The van der Waals surface area contributed by atoms with Crippen LogP contribution < -0.4 is 0 Å². The van der Waals surface area contributed by atoms with Crippen LogP contribution in [-0.4, -0.2) is 46.2 Å². The molecule has 2 N–H and O–H groups in total. The summed E-state index contributed by atoms with van der Waals surface area (Å²) in [5.74, 6) is -0.500. The molecule has 6 heteroatoms. The van der Waals surface area contributed by atoms with E-state index in [1.165, 1.54) is 0 Å². The lowest BCUT2D eigenvalue weighted by Crippen LogP contribution is -2.64. The van der Waals surface area contributed by atoms with E-state index in [9.17, 15) is 15.0 Å². The van der Waals surface area contributed by atoms with Crippen molar-refractivity contribution in [1.29, 1.82) is 0 Å². The lowest BCUT2D eigenvalue weighted by molar-refractivity contribution is -0.234. The van der Waals surface area contributed by atoms with Crippen molar-refractivity contribution in [3.63, 3.8) is 0 Å². The van der Waals surface area contributed by atoms with Gasteiger partial charge in [-0.15, -0.1) is 0 Å². The van der Waals surface area contributed by atoms with Crippen molar-refractivity contribution in [2.24, 2.45) is 23.7 Å². The molecule has 2 unspecified atom stereocenters. The number of aliphatic hydroxyl groups excluding tert-OH is 2. The van der Waals surface area contributed by atoms with E-state index >= 15 is 0 Å². The van der Waals surface area contributed by atoms with Crippen molar-refractivity contribution in [3.05, 3.63) is 59.4 Å². The second-order valence-corrected chi connectivity index (χ2v) is 10.1. The van der Waals surface area contributed by atoms with Gasteiger partial charge in [-0.3, -0.25) is 0 Å². The normalized spacial score (nSPS) is 44.0. The highest BCUT2D eigenvalue weighted by molar-refractivity contribution is 5.94. The number of aliphatic hydroxyl groups is 2. The van der Waals surface area contributed by atoms with Gasteiger partial charge in [-0.1, -0.05) is 63.3 Å². The minimum atomic E-state index is -1.01. The zero-order valence-corrected chi connectivity index (χ0v) is 18.8. The van der Waals surface area contributed by atoms with E-state index in [4.69, 9.17) is 14.2 Å². The maximum absolute atomic E-state index is 13.1. The smallest absolute Gasteiger partial charge is 0.341 e. The topological polar surface area (TPSA) is 85.2 Å². The van der Waals surface area contributed by atoms with E-state index in [-0.39, 0.29) is 41.5 Å². The van der Waals surface area contributed by atoms with Gasteiger partial charge in [-0.25, -0.2) is 4.79 Å². The molecule has 1 saturated carbocycles. The first kappa shape index (κ1) is 21.7. The van der Waals surface area contributed by atoms with Crippen LogP contribution >= 0.6 is 0 Å². The number of ether oxygens (including phenoxy) is 3. The fourth-order valence-corrected chi connectivity index (χ4v) is 6.00. The van der Waals surface area contributed by atoms with Crippen molar-refractivity contribution >= 4 is 5.97 Å². The van der Waals surface area contributed by atoms with Crippen LogP contribution in [0.2, 0.25) is 0 Å². The summed E-state index contributed by atoms with van der Waals surface area (Å²) < 4.78 is 18.9. The van der Waals surface area contributed by atoms with E-state index < -0.39 is 23.8 Å². The molecule has 1 aromatic rings. The second kappa shape index (κ2) is 8.01. The fourth-order valence-electron chi connectivity index (χ4n) is 6.00. The molecular formula is C26H32O6. The molecule has 9 atom stereocenters. The third-order valence-corrected chi connectivity index (χ3v) is 7.74.